The third-order valence-corrected chi connectivity index (χ3v) is 5.81. The van der Waals surface area contributed by atoms with Gasteiger partial charge in [-0.15, -0.1) is 0 Å². The van der Waals surface area contributed by atoms with Crippen molar-refractivity contribution in [1.82, 2.24) is 4.90 Å². The Labute approximate surface area is 128 Å². The van der Waals surface area contributed by atoms with Crippen LogP contribution in [0.3, 0.4) is 0 Å². The lowest BCUT2D eigenvalue weighted by atomic mass is 9.65. The highest BCUT2D eigenvalue weighted by Crippen LogP contribution is 2.43. The van der Waals surface area contributed by atoms with E-state index >= 15 is 0 Å². The molecule has 1 heteroatoms. The van der Waals surface area contributed by atoms with Gasteiger partial charge in [0.2, 0.25) is 0 Å². The fraction of sp³-hybridized carbons (Fsp3) is 1.00. The Morgan fingerprint density at radius 1 is 1.10 bits per heavy atom. The third-order valence-electron chi connectivity index (χ3n) is 5.81. The number of likely N-dealkylation sites (tertiary alicyclic amines) is 1. The van der Waals surface area contributed by atoms with Crippen molar-refractivity contribution < 1.29 is 0 Å². The van der Waals surface area contributed by atoms with Crippen molar-refractivity contribution in [2.75, 3.05) is 13.1 Å². The molecule has 0 aromatic carbocycles. The van der Waals surface area contributed by atoms with Gasteiger partial charge in [0.25, 0.3) is 0 Å². The zero-order chi connectivity index (χ0) is 15.8. The summed E-state index contributed by atoms with van der Waals surface area (Å²) in [5.41, 5.74) is 1.19. The highest BCUT2D eigenvalue weighted by molar-refractivity contribution is 4.91. The lowest BCUT2D eigenvalue weighted by Gasteiger charge is -2.49. The van der Waals surface area contributed by atoms with Gasteiger partial charge in [-0.1, -0.05) is 48.0 Å². The molecule has 1 nitrogen and oxygen atoms in total. The molecular formula is C19H39N. The second-order valence-corrected chi connectivity index (χ2v) is 9.68. The molecule has 20 heavy (non-hydrogen) atoms. The molecule has 0 spiro atoms. The van der Waals surface area contributed by atoms with Crippen LogP contribution in [0.25, 0.3) is 0 Å². The second-order valence-electron chi connectivity index (χ2n) is 9.68. The number of nitrogens with zero attached hydrogens (tertiary/aromatic N) is 1. The molecule has 1 aliphatic rings. The first-order valence-corrected chi connectivity index (χ1v) is 8.64. The zero-order valence-corrected chi connectivity index (χ0v) is 15.6. The van der Waals surface area contributed by atoms with Crippen LogP contribution >= 0.6 is 0 Å². The van der Waals surface area contributed by atoms with Crippen LogP contribution in [-0.4, -0.2) is 23.5 Å². The summed E-state index contributed by atoms with van der Waals surface area (Å²) in [6.45, 7) is 24.3. The molecule has 0 aromatic rings. The predicted molar refractivity (Wildman–Crippen MR) is 91.1 cm³/mol. The van der Waals surface area contributed by atoms with Gasteiger partial charge >= 0.3 is 0 Å². The van der Waals surface area contributed by atoms with Crippen LogP contribution in [0.2, 0.25) is 0 Å². The molecule has 0 saturated carbocycles. The Kier molecular flexibility index (Phi) is 5.39. The molecule has 120 valence electrons. The van der Waals surface area contributed by atoms with Crippen LogP contribution in [0.15, 0.2) is 0 Å². The summed E-state index contributed by atoms with van der Waals surface area (Å²) in [5, 5.41) is 0. The fourth-order valence-corrected chi connectivity index (χ4v) is 3.90. The fourth-order valence-electron chi connectivity index (χ4n) is 3.90. The highest BCUT2D eigenvalue weighted by atomic mass is 15.2. The van der Waals surface area contributed by atoms with Crippen molar-refractivity contribution >= 4 is 0 Å². The SMILES string of the molecule is CCC(C)(C)C1CCC(C)(C)CN(C(C)(C)C)CC1C. The molecule has 1 aliphatic heterocycles. The van der Waals surface area contributed by atoms with E-state index in [0.29, 0.717) is 10.8 Å². The van der Waals surface area contributed by atoms with E-state index in [-0.39, 0.29) is 5.54 Å². The van der Waals surface area contributed by atoms with Crippen molar-refractivity contribution in [2.24, 2.45) is 22.7 Å². The Bertz CT molecular complexity index is 308. The Hall–Kier alpha value is -0.0400. The summed E-state index contributed by atoms with van der Waals surface area (Å²) in [6, 6.07) is 0. The minimum absolute atomic E-state index is 0.282. The molecule has 0 amide bonds. The average molecular weight is 282 g/mol. The normalized spacial score (nSPS) is 29.9. The molecule has 1 saturated heterocycles. The van der Waals surface area contributed by atoms with E-state index in [4.69, 9.17) is 0 Å². The summed E-state index contributed by atoms with van der Waals surface area (Å²) >= 11 is 0. The maximum atomic E-state index is 2.73. The van der Waals surface area contributed by atoms with E-state index in [9.17, 15) is 0 Å². The van der Waals surface area contributed by atoms with Crippen LogP contribution in [-0.2, 0) is 0 Å². The average Bonchev–Trinajstić information content (AvgIpc) is 2.24. The molecular weight excluding hydrogens is 242 g/mol. The van der Waals surface area contributed by atoms with E-state index in [1.807, 2.05) is 0 Å². The molecule has 0 aliphatic carbocycles. The maximum Gasteiger partial charge on any atom is 0.0125 e. The Morgan fingerprint density at radius 3 is 2.10 bits per heavy atom. The summed E-state index contributed by atoms with van der Waals surface area (Å²) in [5.74, 6) is 1.64. The topological polar surface area (TPSA) is 3.24 Å². The van der Waals surface area contributed by atoms with Gasteiger partial charge in [-0.2, -0.15) is 0 Å². The Morgan fingerprint density at radius 2 is 1.65 bits per heavy atom. The predicted octanol–water partition coefficient (Wildman–Crippen LogP) is 5.60. The van der Waals surface area contributed by atoms with Crippen LogP contribution in [0.1, 0.15) is 81.6 Å². The van der Waals surface area contributed by atoms with Gasteiger partial charge in [-0.05, 0) is 56.3 Å². The van der Waals surface area contributed by atoms with E-state index in [1.54, 1.807) is 0 Å². The summed E-state index contributed by atoms with van der Waals surface area (Å²) in [7, 11) is 0. The largest absolute Gasteiger partial charge is 0.298 e. The van der Waals surface area contributed by atoms with Gasteiger partial charge in [0, 0.05) is 18.6 Å². The van der Waals surface area contributed by atoms with Crippen molar-refractivity contribution in [1.29, 1.82) is 0 Å². The number of rotatable bonds is 2. The smallest absolute Gasteiger partial charge is 0.0125 e. The molecule has 0 N–H and O–H groups in total. The van der Waals surface area contributed by atoms with E-state index < -0.39 is 0 Å². The first kappa shape index (κ1) is 18.0. The maximum absolute atomic E-state index is 2.73. The quantitative estimate of drug-likeness (QED) is 0.637. The summed E-state index contributed by atoms with van der Waals surface area (Å²) < 4.78 is 0. The van der Waals surface area contributed by atoms with E-state index in [2.05, 4.69) is 67.2 Å². The van der Waals surface area contributed by atoms with Gasteiger partial charge in [0.1, 0.15) is 0 Å². The van der Waals surface area contributed by atoms with Crippen LogP contribution in [0, 0.1) is 22.7 Å². The monoisotopic (exact) mass is 281 g/mol. The molecule has 0 aromatic heterocycles. The van der Waals surface area contributed by atoms with Crippen molar-refractivity contribution in [3.8, 4) is 0 Å². The molecule has 0 radical (unpaired) electrons. The first-order valence-electron chi connectivity index (χ1n) is 8.64. The van der Waals surface area contributed by atoms with Gasteiger partial charge in [-0.25, -0.2) is 0 Å². The third kappa shape index (κ3) is 4.48. The van der Waals surface area contributed by atoms with Crippen LogP contribution in [0.5, 0.6) is 0 Å². The standard InChI is InChI=1S/C19H39N/c1-10-19(8,9)16-11-12-18(6,7)14-20(13-15(16)2)17(3,4)5/h15-16H,10-14H2,1-9H3. The molecule has 1 heterocycles. The van der Waals surface area contributed by atoms with Gasteiger partial charge in [0.15, 0.2) is 0 Å². The molecule has 1 rings (SSSR count). The zero-order valence-electron chi connectivity index (χ0n) is 15.6. The molecule has 1 fully saturated rings. The van der Waals surface area contributed by atoms with Gasteiger partial charge < -0.3 is 0 Å². The van der Waals surface area contributed by atoms with Crippen molar-refractivity contribution in [3.05, 3.63) is 0 Å². The minimum Gasteiger partial charge on any atom is -0.298 e. The first-order chi connectivity index (χ1) is 8.89. The lowest BCUT2D eigenvalue weighted by Crippen LogP contribution is -2.51. The van der Waals surface area contributed by atoms with Crippen molar-refractivity contribution in [3.63, 3.8) is 0 Å². The van der Waals surface area contributed by atoms with Crippen molar-refractivity contribution in [2.45, 2.75) is 87.1 Å². The Balaban J connectivity index is 3.01. The summed E-state index contributed by atoms with van der Waals surface area (Å²) in [4.78, 5) is 2.73. The minimum atomic E-state index is 0.282. The van der Waals surface area contributed by atoms with E-state index in [0.717, 1.165) is 11.8 Å². The molecule has 2 unspecified atom stereocenters. The van der Waals surface area contributed by atoms with Gasteiger partial charge in [-0.3, -0.25) is 4.90 Å². The van der Waals surface area contributed by atoms with Crippen LogP contribution < -0.4 is 0 Å². The highest BCUT2D eigenvalue weighted by Gasteiger charge is 2.39. The molecule has 0 bridgehead atoms. The van der Waals surface area contributed by atoms with E-state index in [1.165, 1.54) is 32.4 Å². The molecule has 2 atom stereocenters. The number of hydrogen-bond donors (Lipinski definition) is 0. The lowest BCUT2D eigenvalue weighted by molar-refractivity contribution is 0.00345. The van der Waals surface area contributed by atoms with Crippen LogP contribution in [0.4, 0.5) is 0 Å². The van der Waals surface area contributed by atoms with Gasteiger partial charge in [0.05, 0.1) is 0 Å². The second kappa shape index (κ2) is 5.99. The number of hydrogen-bond acceptors (Lipinski definition) is 1. The summed E-state index contributed by atoms with van der Waals surface area (Å²) in [6.07, 6.45) is 4.04.